The molecule has 2 rings (SSSR count). The summed E-state index contributed by atoms with van der Waals surface area (Å²) in [6.45, 7) is 0. The molecule has 0 radical (unpaired) electrons. The highest BCUT2D eigenvalue weighted by Gasteiger charge is 2.02. The molecule has 0 spiro atoms. The summed E-state index contributed by atoms with van der Waals surface area (Å²) in [7, 11) is 1.53. The molecule has 0 atom stereocenters. The highest BCUT2D eigenvalue weighted by atomic mass is 16.5. The highest BCUT2D eigenvalue weighted by molar-refractivity contribution is 5.74. The highest BCUT2D eigenvalue weighted by Crippen LogP contribution is 2.12. The van der Waals surface area contributed by atoms with Gasteiger partial charge in [0.25, 0.3) is 5.56 Å². The zero-order valence-corrected chi connectivity index (χ0v) is 6.42. The molecule has 0 aliphatic heterocycles. The molecule has 5 heteroatoms. The van der Waals surface area contributed by atoms with Crippen LogP contribution >= 0.6 is 0 Å². The van der Waals surface area contributed by atoms with Crippen molar-refractivity contribution in [3.8, 4) is 5.75 Å². The fraction of sp³-hybridized carbons (Fsp3) is 0.143. The lowest BCUT2D eigenvalue weighted by molar-refractivity contribution is 0.413. The summed E-state index contributed by atoms with van der Waals surface area (Å²) in [5.41, 5.74) is 0.359. The van der Waals surface area contributed by atoms with E-state index in [1.807, 2.05) is 0 Å². The first-order valence-electron chi connectivity index (χ1n) is 3.41. The van der Waals surface area contributed by atoms with E-state index in [0.29, 0.717) is 16.8 Å². The van der Waals surface area contributed by atoms with E-state index in [9.17, 15) is 4.79 Å². The zero-order valence-electron chi connectivity index (χ0n) is 6.42. The number of pyridine rings is 1. The minimum atomic E-state index is -0.184. The molecule has 0 unspecified atom stereocenters. The third-order valence-corrected chi connectivity index (χ3v) is 1.64. The van der Waals surface area contributed by atoms with E-state index in [1.54, 1.807) is 12.3 Å². The number of ether oxygens (including phenoxy) is 1. The Balaban J connectivity index is 2.80. The number of H-pyrrole nitrogens is 2. The number of rotatable bonds is 1. The van der Waals surface area contributed by atoms with Gasteiger partial charge < -0.3 is 4.74 Å². The monoisotopic (exact) mass is 165 g/mol. The Morgan fingerprint density at radius 3 is 3.08 bits per heavy atom. The molecule has 0 amide bonds. The second-order valence-electron chi connectivity index (χ2n) is 2.35. The van der Waals surface area contributed by atoms with E-state index >= 15 is 0 Å². The summed E-state index contributed by atoms with van der Waals surface area (Å²) < 4.78 is 4.92. The fourth-order valence-corrected chi connectivity index (χ4v) is 1.01. The number of aromatic nitrogens is 3. The number of nitrogens with one attached hydrogen (secondary N) is 2. The average molecular weight is 165 g/mol. The predicted molar refractivity (Wildman–Crippen MR) is 43.3 cm³/mol. The standard InChI is InChI=1S/C7H7N3O2/c1-12-4-2-5-6(8-3-4)9-10-7(5)11/h2-3H,1H3,(H2,8,9,10,11). The third-order valence-electron chi connectivity index (χ3n) is 1.64. The maximum absolute atomic E-state index is 11.1. The van der Waals surface area contributed by atoms with Crippen molar-refractivity contribution in [1.29, 1.82) is 0 Å². The second kappa shape index (κ2) is 2.37. The van der Waals surface area contributed by atoms with Crippen LogP contribution in [0.15, 0.2) is 17.1 Å². The van der Waals surface area contributed by atoms with Gasteiger partial charge in [-0.3, -0.25) is 15.0 Å². The first kappa shape index (κ1) is 6.90. The lowest BCUT2D eigenvalue weighted by Crippen LogP contribution is -1.97. The Morgan fingerprint density at radius 1 is 1.50 bits per heavy atom. The summed E-state index contributed by atoms with van der Waals surface area (Å²) in [5.74, 6) is 0.576. The summed E-state index contributed by atoms with van der Waals surface area (Å²) >= 11 is 0. The van der Waals surface area contributed by atoms with Crippen LogP contribution in [0.1, 0.15) is 0 Å². The number of aromatic amines is 2. The fourth-order valence-electron chi connectivity index (χ4n) is 1.01. The second-order valence-corrected chi connectivity index (χ2v) is 2.35. The molecule has 0 aliphatic rings. The summed E-state index contributed by atoms with van der Waals surface area (Å²) in [5, 5.41) is 5.57. The third kappa shape index (κ3) is 0.868. The van der Waals surface area contributed by atoms with Crippen molar-refractivity contribution in [2.45, 2.75) is 0 Å². The lowest BCUT2D eigenvalue weighted by Gasteiger charge is -1.95. The average Bonchev–Trinajstić information content (AvgIpc) is 2.47. The van der Waals surface area contributed by atoms with Crippen LogP contribution in [-0.2, 0) is 0 Å². The largest absolute Gasteiger partial charge is 0.495 e. The molecule has 12 heavy (non-hydrogen) atoms. The van der Waals surface area contributed by atoms with Gasteiger partial charge in [0.2, 0.25) is 0 Å². The van der Waals surface area contributed by atoms with Gasteiger partial charge in [0.15, 0.2) is 5.65 Å². The van der Waals surface area contributed by atoms with Crippen LogP contribution in [0.4, 0.5) is 0 Å². The Labute approximate surface area is 67.4 Å². The number of methoxy groups -OCH3 is 1. The molecule has 0 aliphatic carbocycles. The molecule has 62 valence electrons. The van der Waals surface area contributed by atoms with Crippen molar-refractivity contribution in [3.63, 3.8) is 0 Å². The summed E-state index contributed by atoms with van der Waals surface area (Å²) in [6, 6.07) is 1.64. The molecule has 0 bridgehead atoms. The van der Waals surface area contributed by atoms with Crippen LogP contribution in [0.2, 0.25) is 0 Å². The number of hydrogen-bond donors (Lipinski definition) is 2. The predicted octanol–water partition coefficient (Wildman–Crippen LogP) is 0.260. The molecule has 5 nitrogen and oxygen atoms in total. The van der Waals surface area contributed by atoms with Crippen LogP contribution < -0.4 is 10.3 Å². The van der Waals surface area contributed by atoms with Gasteiger partial charge in [-0.15, -0.1) is 0 Å². The number of hydrogen-bond acceptors (Lipinski definition) is 3. The first-order chi connectivity index (χ1) is 5.81. The van der Waals surface area contributed by atoms with E-state index in [4.69, 9.17) is 4.74 Å². The van der Waals surface area contributed by atoms with Crippen molar-refractivity contribution in [2.75, 3.05) is 7.11 Å². The van der Waals surface area contributed by atoms with Crippen LogP contribution in [0.5, 0.6) is 5.75 Å². The summed E-state index contributed by atoms with van der Waals surface area (Å²) in [6.07, 6.45) is 1.55. The van der Waals surface area contributed by atoms with Crippen molar-refractivity contribution in [1.82, 2.24) is 15.2 Å². The minimum absolute atomic E-state index is 0.184. The molecular weight excluding hydrogens is 158 g/mol. The molecule has 2 heterocycles. The lowest BCUT2D eigenvalue weighted by atomic mass is 10.3. The molecule has 0 saturated heterocycles. The quantitative estimate of drug-likeness (QED) is 0.636. The zero-order chi connectivity index (χ0) is 8.55. The van der Waals surface area contributed by atoms with Crippen molar-refractivity contribution >= 4 is 11.0 Å². The molecule has 2 N–H and O–H groups in total. The first-order valence-corrected chi connectivity index (χ1v) is 3.41. The van der Waals surface area contributed by atoms with Crippen LogP contribution in [-0.4, -0.2) is 22.3 Å². The van der Waals surface area contributed by atoms with E-state index in [1.165, 1.54) is 7.11 Å². The Hall–Kier alpha value is -1.78. The van der Waals surface area contributed by atoms with Gasteiger partial charge in [-0.05, 0) is 6.07 Å². The molecular formula is C7H7N3O2. The number of nitrogens with zero attached hydrogens (tertiary/aromatic N) is 1. The Kier molecular flexibility index (Phi) is 1.36. The normalized spacial score (nSPS) is 10.4. The number of fused-ring (bicyclic) bond motifs is 1. The smallest absolute Gasteiger partial charge is 0.273 e. The molecule has 0 saturated carbocycles. The van der Waals surface area contributed by atoms with Gasteiger partial charge in [-0.25, -0.2) is 4.98 Å². The van der Waals surface area contributed by atoms with Gasteiger partial charge in [-0.1, -0.05) is 0 Å². The Morgan fingerprint density at radius 2 is 2.33 bits per heavy atom. The van der Waals surface area contributed by atoms with E-state index in [-0.39, 0.29) is 5.56 Å². The van der Waals surface area contributed by atoms with Gasteiger partial charge in [0.05, 0.1) is 18.7 Å². The molecule has 0 aromatic carbocycles. The minimum Gasteiger partial charge on any atom is -0.495 e. The molecule has 0 fully saturated rings. The topological polar surface area (TPSA) is 70.8 Å². The van der Waals surface area contributed by atoms with Crippen LogP contribution in [0.3, 0.4) is 0 Å². The van der Waals surface area contributed by atoms with Gasteiger partial charge >= 0.3 is 0 Å². The van der Waals surface area contributed by atoms with Crippen molar-refractivity contribution in [2.24, 2.45) is 0 Å². The molecule has 2 aromatic heterocycles. The van der Waals surface area contributed by atoms with Crippen molar-refractivity contribution in [3.05, 3.63) is 22.6 Å². The summed E-state index contributed by atoms with van der Waals surface area (Å²) in [4.78, 5) is 15.0. The molecule has 2 aromatic rings. The maximum atomic E-state index is 11.1. The van der Waals surface area contributed by atoms with Crippen LogP contribution in [0.25, 0.3) is 11.0 Å². The van der Waals surface area contributed by atoms with Gasteiger partial charge in [-0.2, -0.15) is 0 Å². The van der Waals surface area contributed by atoms with Gasteiger partial charge in [0, 0.05) is 0 Å². The van der Waals surface area contributed by atoms with Gasteiger partial charge in [0.1, 0.15) is 5.75 Å². The maximum Gasteiger partial charge on any atom is 0.273 e. The van der Waals surface area contributed by atoms with E-state index in [2.05, 4.69) is 15.2 Å². The van der Waals surface area contributed by atoms with Crippen LogP contribution in [0, 0.1) is 0 Å². The van der Waals surface area contributed by atoms with E-state index < -0.39 is 0 Å². The van der Waals surface area contributed by atoms with E-state index in [0.717, 1.165) is 0 Å². The Bertz CT molecular complexity index is 457. The van der Waals surface area contributed by atoms with Crippen molar-refractivity contribution < 1.29 is 4.74 Å². The SMILES string of the molecule is COc1cnc2[nH][nH]c(=O)c2c1.